The van der Waals surface area contributed by atoms with Crippen LogP contribution in [0.15, 0.2) is 35.7 Å². The van der Waals surface area contributed by atoms with Crippen molar-refractivity contribution < 1.29 is 19.1 Å². The summed E-state index contributed by atoms with van der Waals surface area (Å²) in [5.41, 5.74) is 0.959. The number of thioether (sulfide) groups is 1. The Balaban J connectivity index is 1.39. The zero-order chi connectivity index (χ0) is 22.7. The first-order chi connectivity index (χ1) is 15.5. The number of hydrogen-bond acceptors (Lipinski definition) is 7. The number of thiophene rings is 1. The van der Waals surface area contributed by atoms with Crippen molar-refractivity contribution in [3.8, 4) is 11.5 Å². The molecule has 2 amide bonds. The van der Waals surface area contributed by atoms with E-state index < -0.39 is 0 Å². The summed E-state index contributed by atoms with van der Waals surface area (Å²) >= 11 is 3.13. The van der Waals surface area contributed by atoms with Gasteiger partial charge >= 0.3 is 0 Å². The Morgan fingerprint density at radius 2 is 1.88 bits per heavy atom. The number of carbonyl (C=O) groups is 2. The first-order valence-corrected chi connectivity index (χ1v) is 12.6. The smallest absolute Gasteiger partial charge is 0.264 e. The van der Waals surface area contributed by atoms with Crippen LogP contribution in [0.5, 0.6) is 11.5 Å². The molecule has 1 aromatic heterocycles. The van der Waals surface area contributed by atoms with Crippen LogP contribution in [0.1, 0.15) is 27.5 Å². The maximum Gasteiger partial charge on any atom is 0.264 e. The van der Waals surface area contributed by atoms with E-state index in [0.29, 0.717) is 19.6 Å². The molecule has 0 bridgehead atoms. The van der Waals surface area contributed by atoms with E-state index in [4.69, 9.17) is 9.47 Å². The van der Waals surface area contributed by atoms with Crippen molar-refractivity contribution in [2.24, 2.45) is 0 Å². The number of ether oxygens (including phenoxy) is 2. The van der Waals surface area contributed by atoms with Gasteiger partial charge in [-0.1, -0.05) is 6.07 Å². The van der Waals surface area contributed by atoms with Crippen LogP contribution in [0.3, 0.4) is 0 Å². The molecule has 2 saturated heterocycles. The fourth-order valence-corrected chi connectivity index (χ4v) is 6.17. The zero-order valence-electron chi connectivity index (χ0n) is 18.7. The van der Waals surface area contributed by atoms with Crippen LogP contribution in [0.2, 0.25) is 0 Å². The third-order valence-electron chi connectivity index (χ3n) is 6.00. The summed E-state index contributed by atoms with van der Waals surface area (Å²) in [6, 6.07) is 9.51. The summed E-state index contributed by atoms with van der Waals surface area (Å²) in [6.45, 7) is 6.43. The number of carbonyl (C=O) groups excluding carboxylic acids is 2. The van der Waals surface area contributed by atoms with Crippen molar-refractivity contribution in [1.82, 2.24) is 14.7 Å². The van der Waals surface area contributed by atoms with Gasteiger partial charge in [0.2, 0.25) is 5.91 Å². The van der Waals surface area contributed by atoms with E-state index in [1.165, 1.54) is 11.3 Å². The predicted octanol–water partition coefficient (Wildman–Crippen LogP) is 3.19. The maximum atomic E-state index is 13.0. The van der Waals surface area contributed by atoms with Crippen LogP contribution in [0.25, 0.3) is 0 Å². The van der Waals surface area contributed by atoms with Crippen molar-refractivity contribution >= 4 is 34.9 Å². The van der Waals surface area contributed by atoms with Gasteiger partial charge in [0, 0.05) is 44.8 Å². The first kappa shape index (κ1) is 22.9. The van der Waals surface area contributed by atoms with Gasteiger partial charge in [-0.25, -0.2) is 0 Å². The number of benzene rings is 1. The fourth-order valence-electron chi connectivity index (χ4n) is 4.15. The molecule has 2 unspecified atom stereocenters. The first-order valence-electron chi connectivity index (χ1n) is 10.7. The zero-order valence-corrected chi connectivity index (χ0v) is 20.3. The Morgan fingerprint density at radius 1 is 1.09 bits per heavy atom. The van der Waals surface area contributed by atoms with Crippen LogP contribution in [-0.4, -0.2) is 85.3 Å². The molecule has 2 atom stereocenters. The summed E-state index contributed by atoms with van der Waals surface area (Å²) < 4.78 is 11.0. The molecule has 0 N–H and O–H groups in total. The molecule has 172 valence electrons. The summed E-state index contributed by atoms with van der Waals surface area (Å²) in [6.07, 6.45) is 0. The molecule has 2 aromatic rings. The Bertz CT molecular complexity index is 945. The van der Waals surface area contributed by atoms with Crippen LogP contribution in [-0.2, 0) is 4.79 Å². The Morgan fingerprint density at radius 3 is 2.53 bits per heavy atom. The van der Waals surface area contributed by atoms with Gasteiger partial charge in [-0.05, 0) is 36.6 Å². The average Bonchev–Trinajstić information content (AvgIpc) is 3.46. The fraction of sp³-hybridized carbons (Fsp3) is 0.478. The van der Waals surface area contributed by atoms with E-state index in [1.54, 1.807) is 26.0 Å². The molecule has 4 rings (SSSR count). The van der Waals surface area contributed by atoms with E-state index in [0.717, 1.165) is 41.6 Å². The number of amides is 2. The van der Waals surface area contributed by atoms with Gasteiger partial charge in [-0.2, -0.15) is 0 Å². The number of hydrogen-bond donors (Lipinski definition) is 0. The quantitative estimate of drug-likeness (QED) is 0.613. The molecule has 2 aliphatic rings. The maximum absolute atomic E-state index is 13.0. The Kier molecular flexibility index (Phi) is 7.27. The van der Waals surface area contributed by atoms with Gasteiger partial charge in [0.25, 0.3) is 5.91 Å². The normalized spacial score (nSPS) is 21.8. The van der Waals surface area contributed by atoms with Crippen LogP contribution >= 0.6 is 23.1 Å². The van der Waals surface area contributed by atoms with Crippen LogP contribution < -0.4 is 9.47 Å². The van der Waals surface area contributed by atoms with Crippen molar-refractivity contribution in [2.75, 3.05) is 53.5 Å². The van der Waals surface area contributed by atoms with Crippen molar-refractivity contribution in [3.05, 3.63) is 46.2 Å². The highest BCUT2D eigenvalue weighted by Gasteiger charge is 2.40. The molecule has 1 aromatic carbocycles. The lowest BCUT2D eigenvalue weighted by Crippen LogP contribution is -2.50. The van der Waals surface area contributed by atoms with Gasteiger partial charge in [0.15, 0.2) is 0 Å². The summed E-state index contributed by atoms with van der Waals surface area (Å²) in [5.74, 6) is 1.77. The molecule has 0 saturated carbocycles. The van der Waals surface area contributed by atoms with Gasteiger partial charge in [0.05, 0.1) is 24.3 Å². The molecule has 9 heteroatoms. The Hall–Kier alpha value is -2.23. The number of nitrogens with zero attached hydrogens (tertiary/aromatic N) is 3. The summed E-state index contributed by atoms with van der Waals surface area (Å²) in [4.78, 5) is 32.5. The Labute approximate surface area is 197 Å². The molecule has 3 heterocycles. The lowest BCUT2D eigenvalue weighted by atomic mass is 10.1. The third-order valence-corrected chi connectivity index (χ3v) is 8.23. The predicted molar refractivity (Wildman–Crippen MR) is 128 cm³/mol. The molecular weight excluding hydrogens is 446 g/mol. The van der Waals surface area contributed by atoms with E-state index in [1.807, 2.05) is 52.4 Å². The van der Waals surface area contributed by atoms with Crippen LogP contribution in [0, 0.1) is 0 Å². The monoisotopic (exact) mass is 475 g/mol. The number of piperazine rings is 1. The van der Waals surface area contributed by atoms with Crippen LogP contribution in [0.4, 0.5) is 0 Å². The highest BCUT2D eigenvalue weighted by molar-refractivity contribution is 8.01. The largest absolute Gasteiger partial charge is 0.497 e. The number of methoxy groups -OCH3 is 2. The van der Waals surface area contributed by atoms with E-state index in [-0.39, 0.29) is 22.4 Å². The van der Waals surface area contributed by atoms with Gasteiger partial charge in [0.1, 0.15) is 16.9 Å². The highest BCUT2D eigenvalue weighted by atomic mass is 32.2. The topological polar surface area (TPSA) is 62.3 Å². The molecule has 0 spiro atoms. The standard InChI is InChI=1S/C23H29N3O4S2/c1-16-21(27)26(23(32-16)18-15-17(29-2)6-7-19(18)30-3)13-10-24-8-11-25(12-9-24)22(28)20-5-4-14-31-20/h4-7,14-16,23H,8-13H2,1-3H3. The molecule has 2 fully saturated rings. The summed E-state index contributed by atoms with van der Waals surface area (Å²) in [5, 5.41) is 1.73. The van der Waals surface area contributed by atoms with Crippen molar-refractivity contribution in [1.29, 1.82) is 0 Å². The lowest BCUT2D eigenvalue weighted by molar-refractivity contribution is -0.130. The lowest BCUT2D eigenvalue weighted by Gasteiger charge is -2.36. The second-order valence-corrected chi connectivity index (χ2v) is 10.3. The minimum absolute atomic E-state index is 0.101. The molecule has 32 heavy (non-hydrogen) atoms. The van der Waals surface area contributed by atoms with E-state index in [9.17, 15) is 9.59 Å². The van der Waals surface area contributed by atoms with E-state index >= 15 is 0 Å². The number of rotatable bonds is 7. The minimum atomic E-state index is -0.107. The molecular formula is C23H29N3O4S2. The van der Waals surface area contributed by atoms with E-state index in [2.05, 4.69) is 4.90 Å². The molecule has 0 aliphatic carbocycles. The van der Waals surface area contributed by atoms with Gasteiger partial charge in [-0.15, -0.1) is 23.1 Å². The molecule has 7 nitrogen and oxygen atoms in total. The highest BCUT2D eigenvalue weighted by Crippen LogP contribution is 2.46. The molecule has 2 aliphatic heterocycles. The second-order valence-electron chi connectivity index (χ2n) is 7.88. The summed E-state index contributed by atoms with van der Waals surface area (Å²) in [7, 11) is 3.29. The average molecular weight is 476 g/mol. The second kappa shape index (κ2) is 10.1. The van der Waals surface area contributed by atoms with Gasteiger partial charge in [-0.3, -0.25) is 14.5 Å². The van der Waals surface area contributed by atoms with Gasteiger partial charge < -0.3 is 19.3 Å². The minimum Gasteiger partial charge on any atom is -0.497 e. The van der Waals surface area contributed by atoms with Crippen molar-refractivity contribution in [2.45, 2.75) is 17.5 Å². The molecule has 0 radical (unpaired) electrons. The third kappa shape index (κ3) is 4.74. The SMILES string of the molecule is COc1ccc(OC)c(C2SC(C)C(=O)N2CCN2CCN(C(=O)c3cccs3)CC2)c1. The van der Waals surface area contributed by atoms with Crippen molar-refractivity contribution in [3.63, 3.8) is 0 Å².